The van der Waals surface area contributed by atoms with Gasteiger partial charge in [0.05, 0.1) is 0 Å². The molecule has 1 unspecified atom stereocenters. The summed E-state index contributed by atoms with van der Waals surface area (Å²) in [7, 11) is 1.86. The fourth-order valence-electron chi connectivity index (χ4n) is 3.72. The second-order valence-corrected chi connectivity index (χ2v) is 6.50. The molecular formula is C18H28N4. The van der Waals surface area contributed by atoms with Crippen LogP contribution in [0.3, 0.4) is 0 Å². The Morgan fingerprint density at radius 3 is 2.82 bits per heavy atom. The summed E-state index contributed by atoms with van der Waals surface area (Å²) in [5.41, 5.74) is 2.87. The molecule has 0 bridgehead atoms. The lowest BCUT2D eigenvalue weighted by Gasteiger charge is -2.26. The number of aliphatic imine (C=N–C) groups is 1. The minimum Gasteiger partial charge on any atom is -0.367 e. The molecule has 0 aromatic heterocycles. The van der Waals surface area contributed by atoms with E-state index in [9.17, 15) is 0 Å². The maximum absolute atomic E-state index is 4.35. The zero-order valence-electron chi connectivity index (χ0n) is 13.8. The lowest BCUT2D eigenvalue weighted by molar-refractivity contribution is 0.607. The third-order valence-electron chi connectivity index (χ3n) is 4.91. The van der Waals surface area contributed by atoms with E-state index in [0.29, 0.717) is 12.1 Å². The smallest absolute Gasteiger partial charge is 0.191 e. The molecule has 1 aliphatic heterocycles. The average Bonchev–Trinajstić information content (AvgIpc) is 3.14. The number of guanidine groups is 1. The summed E-state index contributed by atoms with van der Waals surface area (Å²) < 4.78 is 0. The van der Waals surface area contributed by atoms with Crippen molar-refractivity contribution in [2.45, 2.75) is 51.1 Å². The van der Waals surface area contributed by atoms with Crippen molar-refractivity contribution < 1.29 is 0 Å². The highest BCUT2D eigenvalue weighted by Crippen LogP contribution is 2.31. The molecule has 1 heterocycles. The summed E-state index contributed by atoms with van der Waals surface area (Å²) in [5.74, 6) is 0.951. The standard InChI is InChI=1S/C18H28N4/c1-14-13-15-7-3-6-10-17(15)22(14)12-11-20-18(19-2)21-16-8-4-5-9-16/h3,6-7,10,14,16H,4-5,8-9,11-13H2,1-2H3,(H2,19,20,21). The first-order valence-corrected chi connectivity index (χ1v) is 8.59. The number of hydrogen-bond acceptors (Lipinski definition) is 2. The van der Waals surface area contributed by atoms with E-state index in [-0.39, 0.29) is 0 Å². The van der Waals surface area contributed by atoms with E-state index in [2.05, 4.69) is 51.7 Å². The van der Waals surface area contributed by atoms with Crippen LogP contribution in [0.4, 0.5) is 5.69 Å². The topological polar surface area (TPSA) is 39.7 Å². The Bertz CT molecular complexity index is 520. The van der Waals surface area contributed by atoms with Crippen LogP contribution in [0.15, 0.2) is 29.3 Å². The van der Waals surface area contributed by atoms with Crippen LogP contribution >= 0.6 is 0 Å². The van der Waals surface area contributed by atoms with E-state index in [1.54, 1.807) is 0 Å². The van der Waals surface area contributed by atoms with Crippen molar-refractivity contribution in [3.8, 4) is 0 Å². The van der Waals surface area contributed by atoms with Gasteiger partial charge < -0.3 is 15.5 Å². The molecule has 1 fully saturated rings. The third-order valence-corrected chi connectivity index (χ3v) is 4.91. The van der Waals surface area contributed by atoms with Gasteiger partial charge in [0, 0.05) is 37.9 Å². The molecule has 1 aromatic rings. The van der Waals surface area contributed by atoms with Crippen molar-refractivity contribution in [1.82, 2.24) is 10.6 Å². The van der Waals surface area contributed by atoms with Crippen LogP contribution in [0.25, 0.3) is 0 Å². The number of para-hydroxylation sites is 1. The molecule has 0 saturated heterocycles. The molecule has 120 valence electrons. The van der Waals surface area contributed by atoms with Crippen LogP contribution in [-0.2, 0) is 6.42 Å². The summed E-state index contributed by atoms with van der Waals surface area (Å²) in [4.78, 5) is 6.86. The predicted octanol–water partition coefficient (Wildman–Crippen LogP) is 2.55. The summed E-state index contributed by atoms with van der Waals surface area (Å²) in [5, 5.41) is 7.01. The number of rotatable bonds is 4. The summed E-state index contributed by atoms with van der Waals surface area (Å²) >= 11 is 0. The molecule has 22 heavy (non-hydrogen) atoms. The fraction of sp³-hybridized carbons (Fsp3) is 0.611. The molecular weight excluding hydrogens is 272 g/mol. The van der Waals surface area contributed by atoms with Crippen molar-refractivity contribution >= 4 is 11.6 Å². The first-order chi connectivity index (χ1) is 10.8. The van der Waals surface area contributed by atoms with E-state index >= 15 is 0 Å². The average molecular weight is 300 g/mol. The lowest BCUT2D eigenvalue weighted by atomic mass is 10.1. The fourth-order valence-corrected chi connectivity index (χ4v) is 3.72. The number of nitrogens with zero attached hydrogens (tertiary/aromatic N) is 2. The van der Waals surface area contributed by atoms with Crippen LogP contribution in [0, 0.1) is 0 Å². The molecule has 2 aliphatic rings. The molecule has 1 aromatic carbocycles. The molecule has 1 aliphatic carbocycles. The van der Waals surface area contributed by atoms with Crippen LogP contribution in [-0.4, -0.2) is 38.2 Å². The predicted molar refractivity (Wildman–Crippen MR) is 93.7 cm³/mol. The van der Waals surface area contributed by atoms with Gasteiger partial charge in [-0.15, -0.1) is 0 Å². The molecule has 2 N–H and O–H groups in total. The van der Waals surface area contributed by atoms with Crippen molar-refractivity contribution in [2.24, 2.45) is 4.99 Å². The largest absolute Gasteiger partial charge is 0.367 e. The van der Waals surface area contributed by atoms with E-state index in [1.165, 1.54) is 36.9 Å². The van der Waals surface area contributed by atoms with Gasteiger partial charge in [0.2, 0.25) is 0 Å². The van der Waals surface area contributed by atoms with Crippen LogP contribution in [0.2, 0.25) is 0 Å². The Balaban J connectivity index is 1.50. The zero-order valence-corrected chi connectivity index (χ0v) is 13.8. The zero-order chi connectivity index (χ0) is 15.4. The highest BCUT2D eigenvalue weighted by atomic mass is 15.2. The Kier molecular flexibility index (Phi) is 4.86. The quantitative estimate of drug-likeness (QED) is 0.663. The highest BCUT2D eigenvalue weighted by molar-refractivity contribution is 5.80. The van der Waals surface area contributed by atoms with E-state index in [4.69, 9.17) is 0 Å². The van der Waals surface area contributed by atoms with Gasteiger partial charge in [0.15, 0.2) is 5.96 Å². The second-order valence-electron chi connectivity index (χ2n) is 6.50. The summed E-state index contributed by atoms with van der Waals surface area (Å²) in [6, 6.07) is 9.96. The van der Waals surface area contributed by atoms with E-state index in [0.717, 1.165) is 25.5 Å². The summed E-state index contributed by atoms with van der Waals surface area (Å²) in [6.45, 7) is 4.25. The van der Waals surface area contributed by atoms with Gasteiger partial charge >= 0.3 is 0 Å². The van der Waals surface area contributed by atoms with E-state index < -0.39 is 0 Å². The highest BCUT2D eigenvalue weighted by Gasteiger charge is 2.24. The van der Waals surface area contributed by atoms with Crippen molar-refractivity contribution in [3.63, 3.8) is 0 Å². The van der Waals surface area contributed by atoms with Gasteiger partial charge in [-0.1, -0.05) is 31.0 Å². The van der Waals surface area contributed by atoms with Crippen LogP contribution in [0.1, 0.15) is 38.2 Å². The van der Waals surface area contributed by atoms with Gasteiger partial charge in [-0.3, -0.25) is 4.99 Å². The number of hydrogen-bond donors (Lipinski definition) is 2. The minimum atomic E-state index is 0.587. The minimum absolute atomic E-state index is 0.587. The van der Waals surface area contributed by atoms with Gasteiger partial charge in [-0.05, 0) is 37.8 Å². The number of anilines is 1. The van der Waals surface area contributed by atoms with Gasteiger partial charge in [-0.25, -0.2) is 0 Å². The number of fused-ring (bicyclic) bond motifs is 1. The molecule has 0 spiro atoms. The number of nitrogens with one attached hydrogen (secondary N) is 2. The van der Waals surface area contributed by atoms with Crippen molar-refractivity contribution in [1.29, 1.82) is 0 Å². The molecule has 1 atom stereocenters. The first kappa shape index (κ1) is 15.2. The lowest BCUT2D eigenvalue weighted by Crippen LogP contribution is -2.45. The first-order valence-electron chi connectivity index (χ1n) is 8.59. The normalized spacial score (nSPS) is 22.0. The molecule has 4 heteroatoms. The second kappa shape index (κ2) is 7.03. The van der Waals surface area contributed by atoms with E-state index in [1.807, 2.05) is 7.05 Å². The Hall–Kier alpha value is -1.71. The number of benzene rings is 1. The SMILES string of the molecule is CN=C(NCCN1c2ccccc2CC1C)NC1CCCC1. The van der Waals surface area contributed by atoms with Gasteiger partial charge in [0.1, 0.15) is 0 Å². The molecule has 0 radical (unpaired) electrons. The van der Waals surface area contributed by atoms with Gasteiger partial charge in [-0.2, -0.15) is 0 Å². The molecule has 0 amide bonds. The monoisotopic (exact) mass is 300 g/mol. The van der Waals surface area contributed by atoms with Crippen LogP contribution < -0.4 is 15.5 Å². The maximum atomic E-state index is 4.35. The third kappa shape index (κ3) is 3.37. The van der Waals surface area contributed by atoms with Gasteiger partial charge in [0.25, 0.3) is 0 Å². The Morgan fingerprint density at radius 1 is 1.27 bits per heavy atom. The van der Waals surface area contributed by atoms with Crippen molar-refractivity contribution in [3.05, 3.63) is 29.8 Å². The molecule has 4 nitrogen and oxygen atoms in total. The Labute approximate surface area is 134 Å². The maximum Gasteiger partial charge on any atom is 0.191 e. The molecule has 3 rings (SSSR count). The van der Waals surface area contributed by atoms with Crippen LogP contribution in [0.5, 0.6) is 0 Å². The summed E-state index contributed by atoms with van der Waals surface area (Å²) in [6.07, 6.45) is 6.40. The van der Waals surface area contributed by atoms with Crippen molar-refractivity contribution in [2.75, 3.05) is 25.0 Å². The molecule has 1 saturated carbocycles. The Morgan fingerprint density at radius 2 is 2.05 bits per heavy atom.